The number of hydrogen-bond donors (Lipinski definition) is 3. The summed E-state index contributed by atoms with van der Waals surface area (Å²) in [5.74, 6) is -1.59. The Morgan fingerprint density at radius 3 is 2.44 bits per heavy atom. The van der Waals surface area contributed by atoms with Crippen LogP contribution in [0.1, 0.15) is 36.2 Å². The van der Waals surface area contributed by atoms with Crippen molar-refractivity contribution in [1.29, 1.82) is 0 Å². The van der Waals surface area contributed by atoms with Gasteiger partial charge in [-0.3, -0.25) is 14.4 Å². The smallest absolute Gasteiger partial charge is 0.335 e. The molecule has 2 aromatic carbocycles. The van der Waals surface area contributed by atoms with Gasteiger partial charge in [-0.05, 0) is 50.2 Å². The lowest BCUT2D eigenvalue weighted by atomic mass is 10.0. The van der Waals surface area contributed by atoms with Crippen molar-refractivity contribution in [3.05, 3.63) is 65.9 Å². The second-order valence-electron chi connectivity index (χ2n) is 8.13. The molecule has 0 spiro atoms. The van der Waals surface area contributed by atoms with Crippen LogP contribution in [0.5, 0.6) is 5.75 Å². The summed E-state index contributed by atoms with van der Waals surface area (Å²) in [4.78, 5) is 41.1. The van der Waals surface area contributed by atoms with Gasteiger partial charge in [-0.2, -0.15) is 0 Å². The molecule has 0 unspecified atom stereocenters. The Morgan fingerprint density at radius 1 is 1.09 bits per heavy atom. The van der Waals surface area contributed by atoms with Gasteiger partial charge in [-0.25, -0.2) is 9.86 Å². The number of para-hydroxylation sites is 1. The standard InChI is InChI=1S/C24H27N3O7/c1-24(2,12-13-33-17-10-8-16(9-11-17)23(30)31)26-22(29)21(28)25-19-7-5-4-6-18(19)20-14-27(32-3)15-34-20/h4-11,14H,12-13,15H2,1-3H3,(H,25,28)(H,26,29)(H,30,31). The highest BCUT2D eigenvalue weighted by atomic mass is 16.7. The van der Waals surface area contributed by atoms with Crippen LogP contribution in [0.3, 0.4) is 0 Å². The summed E-state index contributed by atoms with van der Waals surface area (Å²) in [6, 6.07) is 13.0. The fourth-order valence-electron chi connectivity index (χ4n) is 3.12. The lowest BCUT2D eigenvalue weighted by Gasteiger charge is -2.26. The highest BCUT2D eigenvalue weighted by molar-refractivity contribution is 6.40. The van der Waals surface area contributed by atoms with Crippen LogP contribution >= 0.6 is 0 Å². The van der Waals surface area contributed by atoms with Gasteiger partial charge in [0.15, 0.2) is 6.73 Å². The number of ether oxygens (including phenoxy) is 2. The number of aromatic carboxylic acids is 1. The molecule has 0 bridgehead atoms. The first-order chi connectivity index (χ1) is 16.2. The Kier molecular flexibility index (Phi) is 7.75. The zero-order chi connectivity index (χ0) is 24.7. The van der Waals surface area contributed by atoms with Crippen molar-refractivity contribution in [2.45, 2.75) is 25.8 Å². The predicted molar refractivity (Wildman–Crippen MR) is 124 cm³/mol. The molecule has 10 heteroatoms. The predicted octanol–water partition coefficient (Wildman–Crippen LogP) is 2.84. The number of carboxylic acid groups (broad SMARTS) is 1. The van der Waals surface area contributed by atoms with Crippen molar-refractivity contribution >= 4 is 29.2 Å². The number of anilines is 1. The van der Waals surface area contributed by atoms with Crippen LogP contribution in [0, 0.1) is 0 Å². The zero-order valence-corrected chi connectivity index (χ0v) is 19.2. The van der Waals surface area contributed by atoms with E-state index in [1.165, 1.54) is 24.3 Å². The normalized spacial score (nSPS) is 13.0. The van der Waals surface area contributed by atoms with E-state index in [4.69, 9.17) is 19.4 Å². The van der Waals surface area contributed by atoms with Gasteiger partial charge in [0.25, 0.3) is 0 Å². The third-order valence-corrected chi connectivity index (χ3v) is 5.04. The number of nitrogens with one attached hydrogen (secondary N) is 2. The molecule has 0 radical (unpaired) electrons. The van der Waals surface area contributed by atoms with E-state index in [9.17, 15) is 14.4 Å². The van der Waals surface area contributed by atoms with Crippen molar-refractivity contribution in [2.75, 3.05) is 25.8 Å². The monoisotopic (exact) mass is 469 g/mol. The van der Waals surface area contributed by atoms with Gasteiger partial charge in [-0.15, -0.1) is 0 Å². The molecular weight excluding hydrogens is 442 g/mol. The van der Waals surface area contributed by atoms with Crippen LogP contribution in [0.25, 0.3) is 5.76 Å². The first kappa shape index (κ1) is 24.6. The van der Waals surface area contributed by atoms with Gasteiger partial charge in [0.05, 0.1) is 31.2 Å². The van der Waals surface area contributed by atoms with E-state index >= 15 is 0 Å². The average molecular weight is 469 g/mol. The molecule has 180 valence electrons. The fourth-order valence-corrected chi connectivity index (χ4v) is 3.12. The van der Waals surface area contributed by atoms with Crippen LogP contribution in [0.4, 0.5) is 5.69 Å². The largest absolute Gasteiger partial charge is 0.494 e. The molecule has 3 N–H and O–H groups in total. The topological polar surface area (TPSA) is 126 Å². The Hall–Kier alpha value is -4.05. The van der Waals surface area contributed by atoms with Gasteiger partial charge in [0.2, 0.25) is 0 Å². The Balaban J connectivity index is 1.54. The highest BCUT2D eigenvalue weighted by Crippen LogP contribution is 2.28. The van der Waals surface area contributed by atoms with Crippen molar-refractivity contribution in [3.63, 3.8) is 0 Å². The lowest BCUT2D eigenvalue weighted by Crippen LogP contribution is -2.48. The molecule has 0 saturated heterocycles. The summed E-state index contributed by atoms with van der Waals surface area (Å²) in [5, 5.41) is 15.8. The quantitative estimate of drug-likeness (QED) is 0.479. The maximum absolute atomic E-state index is 12.6. The minimum atomic E-state index is -1.01. The Morgan fingerprint density at radius 2 is 1.79 bits per heavy atom. The average Bonchev–Trinajstić information content (AvgIpc) is 3.28. The number of rotatable bonds is 9. The number of amides is 2. The van der Waals surface area contributed by atoms with E-state index in [2.05, 4.69) is 10.6 Å². The van der Waals surface area contributed by atoms with Crippen LogP contribution in [-0.4, -0.2) is 53.9 Å². The number of carbonyl (C=O) groups is 3. The summed E-state index contributed by atoms with van der Waals surface area (Å²) in [5.41, 5.74) is 0.479. The molecule has 1 heterocycles. The van der Waals surface area contributed by atoms with Crippen molar-refractivity contribution in [1.82, 2.24) is 10.4 Å². The SMILES string of the molecule is CON1C=C(c2ccccc2NC(=O)C(=O)NC(C)(C)CCOc2ccc(C(=O)O)cc2)OC1. The second-order valence-corrected chi connectivity index (χ2v) is 8.13. The van der Waals surface area contributed by atoms with E-state index in [-0.39, 0.29) is 18.9 Å². The summed E-state index contributed by atoms with van der Waals surface area (Å²) in [6.07, 6.45) is 2.07. The number of carbonyl (C=O) groups excluding carboxylic acids is 2. The molecule has 0 aliphatic carbocycles. The van der Waals surface area contributed by atoms with E-state index in [1.54, 1.807) is 56.4 Å². The van der Waals surface area contributed by atoms with Crippen LogP contribution in [-0.2, 0) is 19.2 Å². The fraction of sp³-hybridized carbons (Fsp3) is 0.292. The molecule has 2 aromatic rings. The van der Waals surface area contributed by atoms with E-state index in [0.29, 0.717) is 29.2 Å². The summed E-state index contributed by atoms with van der Waals surface area (Å²) in [6.45, 7) is 4.03. The van der Waals surface area contributed by atoms with Gasteiger partial charge in [-0.1, -0.05) is 12.1 Å². The second kappa shape index (κ2) is 10.7. The number of nitrogens with zero attached hydrogens (tertiary/aromatic N) is 1. The lowest BCUT2D eigenvalue weighted by molar-refractivity contribution is -0.137. The number of carboxylic acids is 1. The summed E-state index contributed by atoms with van der Waals surface area (Å²) in [7, 11) is 1.52. The van der Waals surface area contributed by atoms with Crippen LogP contribution in [0.15, 0.2) is 54.7 Å². The van der Waals surface area contributed by atoms with E-state index in [1.807, 2.05) is 0 Å². The third-order valence-electron chi connectivity index (χ3n) is 5.04. The Bertz CT molecular complexity index is 1080. The first-order valence-electron chi connectivity index (χ1n) is 10.5. The molecule has 34 heavy (non-hydrogen) atoms. The highest BCUT2D eigenvalue weighted by Gasteiger charge is 2.26. The maximum atomic E-state index is 12.6. The molecule has 3 rings (SSSR count). The summed E-state index contributed by atoms with van der Waals surface area (Å²) >= 11 is 0. The minimum absolute atomic E-state index is 0.166. The first-order valence-corrected chi connectivity index (χ1v) is 10.5. The number of benzene rings is 2. The number of hydrogen-bond acceptors (Lipinski definition) is 7. The van der Waals surface area contributed by atoms with Crippen molar-refractivity contribution < 1.29 is 33.8 Å². The van der Waals surface area contributed by atoms with Gasteiger partial charge < -0.3 is 25.2 Å². The van der Waals surface area contributed by atoms with Gasteiger partial charge in [0.1, 0.15) is 11.5 Å². The number of hydroxylamine groups is 2. The van der Waals surface area contributed by atoms with Crippen LogP contribution in [0.2, 0.25) is 0 Å². The van der Waals surface area contributed by atoms with Crippen LogP contribution < -0.4 is 15.4 Å². The van der Waals surface area contributed by atoms with Gasteiger partial charge >= 0.3 is 17.8 Å². The van der Waals surface area contributed by atoms with E-state index < -0.39 is 23.3 Å². The minimum Gasteiger partial charge on any atom is -0.494 e. The molecule has 10 nitrogen and oxygen atoms in total. The van der Waals surface area contributed by atoms with Gasteiger partial charge in [0, 0.05) is 17.5 Å². The summed E-state index contributed by atoms with van der Waals surface area (Å²) < 4.78 is 11.2. The zero-order valence-electron chi connectivity index (χ0n) is 19.2. The van der Waals surface area contributed by atoms with Crippen molar-refractivity contribution in [2.24, 2.45) is 0 Å². The maximum Gasteiger partial charge on any atom is 0.335 e. The molecular formula is C24H27N3O7. The van der Waals surface area contributed by atoms with Crippen molar-refractivity contribution in [3.8, 4) is 5.75 Å². The molecule has 1 aliphatic rings. The Labute approximate surface area is 197 Å². The molecule has 0 aromatic heterocycles. The molecule has 2 amide bonds. The third kappa shape index (κ3) is 6.48. The van der Waals surface area contributed by atoms with E-state index in [0.717, 1.165) is 0 Å². The molecule has 1 aliphatic heterocycles. The molecule has 0 fully saturated rings. The molecule has 0 saturated carbocycles. The molecule has 0 atom stereocenters.